The lowest BCUT2D eigenvalue weighted by atomic mass is 10.2. The summed E-state index contributed by atoms with van der Waals surface area (Å²) in [5, 5.41) is 9.48. The Morgan fingerprint density at radius 3 is 2.62 bits per heavy atom. The number of aromatic nitrogens is 5. The van der Waals surface area contributed by atoms with Crippen LogP contribution in [0, 0.1) is 20.8 Å². The lowest BCUT2D eigenvalue weighted by Crippen LogP contribution is -2.06. The van der Waals surface area contributed by atoms with Crippen molar-refractivity contribution >= 4 is 17.5 Å². The molecule has 29 heavy (non-hydrogen) atoms. The molecule has 3 heterocycles. The number of carbonyl (C=O) groups excluding carboxylic acids is 1. The van der Waals surface area contributed by atoms with Gasteiger partial charge in [0.15, 0.2) is 16.8 Å². The average Bonchev–Trinajstić information content (AvgIpc) is 3.29. The van der Waals surface area contributed by atoms with Crippen molar-refractivity contribution in [2.75, 3.05) is 5.75 Å². The molecular weight excluding hydrogens is 382 g/mol. The van der Waals surface area contributed by atoms with Crippen molar-refractivity contribution in [2.45, 2.75) is 25.9 Å². The highest BCUT2D eigenvalue weighted by Crippen LogP contribution is 2.29. The third-order valence-corrected chi connectivity index (χ3v) is 5.62. The molecule has 0 aliphatic carbocycles. The summed E-state index contributed by atoms with van der Waals surface area (Å²) in [7, 11) is 0. The van der Waals surface area contributed by atoms with Gasteiger partial charge in [0.2, 0.25) is 0 Å². The fraction of sp³-hybridized carbons (Fsp3) is 0.182. The molecule has 3 aromatic heterocycles. The number of nitrogens with one attached hydrogen (secondary N) is 1. The SMILES string of the molecule is Cc1cc(C(=O)CSc2nnc(-c3cccnc3)n2-c2ccccc2C)c(C)[nH]1. The second-order valence-corrected chi connectivity index (χ2v) is 7.82. The Kier molecular flexibility index (Phi) is 5.31. The molecule has 4 rings (SSSR count). The predicted molar refractivity (Wildman–Crippen MR) is 115 cm³/mol. The summed E-state index contributed by atoms with van der Waals surface area (Å²) in [6, 6.07) is 13.8. The zero-order chi connectivity index (χ0) is 20.4. The van der Waals surface area contributed by atoms with Crippen molar-refractivity contribution in [2.24, 2.45) is 0 Å². The van der Waals surface area contributed by atoms with Crippen LogP contribution in [0.3, 0.4) is 0 Å². The Balaban J connectivity index is 1.70. The molecule has 6 nitrogen and oxygen atoms in total. The quantitative estimate of drug-likeness (QED) is 0.377. The van der Waals surface area contributed by atoms with E-state index >= 15 is 0 Å². The van der Waals surface area contributed by atoms with E-state index in [1.807, 2.05) is 67.8 Å². The fourth-order valence-corrected chi connectivity index (χ4v) is 4.13. The van der Waals surface area contributed by atoms with Crippen LogP contribution >= 0.6 is 11.8 Å². The molecule has 1 aromatic carbocycles. The van der Waals surface area contributed by atoms with Crippen molar-refractivity contribution in [3.8, 4) is 17.1 Å². The van der Waals surface area contributed by atoms with E-state index in [2.05, 4.69) is 20.2 Å². The van der Waals surface area contributed by atoms with Crippen LogP contribution in [0.1, 0.15) is 27.3 Å². The van der Waals surface area contributed by atoms with Crippen LogP contribution < -0.4 is 0 Å². The number of carbonyl (C=O) groups is 1. The van der Waals surface area contributed by atoms with E-state index < -0.39 is 0 Å². The molecule has 0 radical (unpaired) electrons. The highest BCUT2D eigenvalue weighted by Gasteiger charge is 2.19. The fourth-order valence-electron chi connectivity index (χ4n) is 3.30. The highest BCUT2D eigenvalue weighted by atomic mass is 32.2. The molecule has 0 aliphatic heterocycles. The van der Waals surface area contributed by atoms with Crippen LogP contribution in [0.15, 0.2) is 60.0 Å². The van der Waals surface area contributed by atoms with Gasteiger partial charge in [0, 0.05) is 34.9 Å². The zero-order valence-electron chi connectivity index (χ0n) is 16.5. The number of nitrogens with zero attached hydrogens (tertiary/aromatic N) is 4. The second-order valence-electron chi connectivity index (χ2n) is 6.87. The molecule has 7 heteroatoms. The van der Waals surface area contributed by atoms with Gasteiger partial charge in [-0.3, -0.25) is 14.3 Å². The number of para-hydroxylation sites is 1. The molecular formula is C22H21N5OS. The first-order valence-electron chi connectivity index (χ1n) is 9.28. The van der Waals surface area contributed by atoms with E-state index in [9.17, 15) is 4.79 Å². The number of hydrogen-bond donors (Lipinski definition) is 1. The summed E-state index contributed by atoms with van der Waals surface area (Å²) in [6.07, 6.45) is 3.50. The molecule has 0 spiro atoms. The number of thioether (sulfide) groups is 1. The molecule has 146 valence electrons. The molecule has 0 saturated heterocycles. The molecule has 0 aliphatic rings. The van der Waals surface area contributed by atoms with Gasteiger partial charge >= 0.3 is 0 Å². The molecule has 0 fully saturated rings. The first-order chi connectivity index (χ1) is 14.0. The van der Waals surface area contributed by atoms with Crippen LogP contribution in [0.2, 0.25) is 0 Å². The third-order valence-electron chi connectivity index (χ3n) is 4.69. The largest absolute Gasteiger partial charge is 0.362 e. The lowest BCUT2D eigenvalue weighted by molar-refractivity contribution is 0.102. The van der Waals surface area contributed by atoms with E-state index in [4.69, 9.17) is 0 Å². The monoisotopic (exact) mass is 403 g/mol. The number of rotatable bonds is 6. The summed E-state index contributed by atoms with van der Waals surface area (Å²) >= 11 is 1.39. The first kappa shape index (κ1) is 19.1. The maximum absolute atomic E-state index is 12.7. The van der Waals surface area contributed by atoms with Gasteiger partial charge in [-0.05, 0) is 50.6 Å². The molecule has 0 saturated carbocycles. The van der Waals surface area contributed by atoms with Gasteiger partial charge in [-0.1, -0.05) is 30.0 Å². The Morgan fingerprint density at radius 1 is 1.10 bits per heavy atom. The maximum atomic E-state index is 12.7. The van der Waals surface area contributed by atoms with E-state index in [-0.39, 0.29) is 11.5 Å². The summed E-state index contributed by atoms with van der Waals surface area (Å²) in [4.78, 5) is 20.1. The Labute approximate surface area is 173 Å². The van der Waals surface area contributed by atoms with Gasteiger partial charge in [-0.25, -0.2) is 0 Å². The molecule has 0 unspecified atom stereocenters. The normalized spacial score (nSPS) is 11.0. The number of ketones is 1. The maximum Gasteiger partial charge on any atom is 0.196 e. The highest BCUT2D eigenvalue weighted by molar-refractivity contribution is 7.99. The topological polar surface area (TPSA) is 76.5 Å². The van der Waals surface area contributed by atoms with Crippen molar-refractivity contribution in [1.82, 2.24) is 24.7 Å². The van der Waals surface area contributed by atoms with E-state index in [1.165, 1.54) is 11.8 Å². The second kappa shape index (κ2) is 8.05. The Hall–Kier alpha value is -3.19. The Morgan fingerprint density at radius 2 is 1.93 bits per heavy atom. The van der Waals surface area contributed by atoms with Gasteiger partial charge in [0.25, 0.3) is 0 Å². The third kappa shape index (κ3) is 3.86. The minimum absolute atomic E-state index is 0.0686. The van der Waals surface area contributed by atoms with Gasteiger partial charge in [-0.15, -0.1) is 10.2 Å². The molecule has 0 atom stereocenters. The summed E-state index contributed by atoms with van der Waals surface area (Å²) < 4.78 is 2.00. The van der Waals surface area contributed by atoms with Gasteiger partial charge < -0.3 is 4.98 Å². The number of H-pyrrole nitrogens is 1. The van der Waals surface area contributed by atoms with Crippen molar-refractivity contribution < 1.29 is 4.79 Å². The van der Waals surface area contributed by atoms with E-state index in [0.717, 1.165) is 33.8 Å². The number of pyridine rings is 1. The van der Waals surface area contributed by atoms with Crippen LogP contribution in [0.25, 0.3) is 17.1 Å². The summed E-state index contributed by atoms with van der Waals surface area (Å²) in [5.41, 5.74) is 5.56. The number of Topliss-reactive ketones (excluding diaryl/α,β-unsaturated/α-hetero) is 1. The predicted octanol–water partition coefficient (Wildman–Crippen LogP) is 4.56. The summed E-state index contributed by atoms with van der Waals surface area (Å²) in [5.74, 6) is 1.06. The smallest absolute Gasteiger partial charge is 0.196 e. The van der Waals surface area contributed by atoms with E-state index in [0.29, 0.717) is 11.0 Å². The molecule has 0 amide bonds. The van der Waals surface area contributed by atoms with Crippen LogP contribution in [0.4, 0.5) is 0 Å². The van der Waals surface area contributed by atoms with Crippen LogP contribution in [-0.4, -0.2) is 36.3 Å². The van der Waals surface area contributed by atoms with E-state index in [1.54, 1.807) is 12.4 Å². The summed E-state index contributed by atoms with van der Waals surface area (Å²) in [6.45, 7) is 5.92. The number of benzene rings is 1. The standard InChI is InChI=1S/C22H21N5OS/c1-14-7-4-5-9-19(14)27-21(17-8-6-10-23-12-17)25-26-22(27)29-13-20(28)18-11-15(2)24-16(18)3/h4-12,24H,13H2,1-3H3. The number of aryl methyl sites for hydroxylation is 3. The first-order valence-corrected chi connectivity index (χ1v) is 10.3. The number of hydrogen-bond acceptors (Lipinski definition) is 5. The zero-order valence-corrected chi connectivity index (χ0v) is 17.3. The van der Waals surface area contributed by atoms with Crippen molar-refractivity contribution in [1.29, 1.82) is 0 Å². The minimum atomic E-state index is 0.0686. The molecule has 1 N–H and O–H groups in total. The molecule has 0 bridgehead atoms. The van der Waals surface area contributed by atoms with Gasteiger partial charge in [0.1, 0.15) is 0 Å². The minimum Gasteiger partial charge on any atom is -0.362 e. The van der Waals surface area contributed by atoms with Gasteiger partial charge in [0.05, 0.1) is 11.4 Å². The van der Waals surface area contributed by atoms with Crippen LogP contribution in [-0.2, 0) is 0 Å². The Bertz CT molecular complexity index is 1160. The van der Waals surface area contributed by atoms with Crippen molar-refractivity contribution in [3.63, 3.8) is 0 Å². The van der Waals surface area contributed by atoms with Crippen molar-refractivity contribution in [3.05, 3.63) is 77.4 Å². The average molecular weight is 404 g/mol. The van der Waals surface area contributed by atoms with Crippen LogP contribution in [0.5, 0.6) is 0 Å². The lowest BCUT2D eigenvalue weighted by Gasteiger charge is -2.12. The number of aromatic amines is 1. The van der Waals surface area contributed by atoms with Gasteiger partial charge in [-0.2, -0.15) is 0 Å². The molecule has 4 aromatic rings.